The molecule has 0 aliphatic heterocycles. The molecule has 3 aromatic rings. The quantitative estimate of drug-likeness (QED) is 0.602. The number of aliphatic carboxylic acids is 1. The molecule has 2 amide bonds. The van der Waals surface area contributed by atoms with Crippen molar-refractivity contribution in [2.45, 2.75) is 31.6 Å². The third-order valence-corrected chi connectivity index (χ3v) is 4.40. The van der Waals surface area contributed by atoms with E-state index in [1.54, 1.807) is 30.3 Å². The predicted octanol–water partition coefficient (Wildman–Crippen LogP) is 4.37. The Bertz CT molecular complexity index is 1010. The highest BCUT2D eigenvalue weighted by Crippen LogP contribution is 2.40. The third kappa shape index (κ3) is 4.25. The molecule has 4 rings (SSSR count). The predicted molar refractivity (Wildman–Crippen MR) is 101 cm³/mol. The Morgan fingerprint density at radius 2 is 1.89 bits per heavy atom. The van der Waals surface area contributed by atoms with E-state index < -0.39 is 5.97 Å². The Kier molecular flexibility index (Phi) is 4.50. The molecule has 3 N–H and O–H groups in total. The molecule has 2 aromatic carbocycles. The summed E-state index contributed by atoms with van der Waals surface area (Å²) in [5.41, 5.74) is 3.51. The molecule has 1 aromatic heterocycles. The van der Waals surface area contributed by atoms with Crippen LogP contribution in [0.2, 0.25) is 0 Å². The van der Waals surface area contributed by atoms with Gasteiger partial charge in [-0.2, -0.15) is 0 Å². The molecule has 1 saturated carbocycles. The number of carbonyl (C=O) groups is 2. The number of amides is 2. The number of carbonyl (C=O) groups excluding carboxylic acids is 1. The molecular weight excluding hydrogens is 346 g/mol. The number of hydrogen-bond acceptors (Lipinski definition) is 4. The van der Waals surface area contributed by atoms with Gasteiger partial charge >= 0.3 is 12.0 Å². The van der Waals surface area contributed by atoms with Crippen LogP contribution in [0.1, 0.15) is 36.6 Å². The maximum Gasteiger partial charge on any atom is 0.323 e. The molecular formula is C20H19N3O4. The number of carboxylic acid groups (broad SMARTS) is 1. The highest BCUT2D eigenvalue weighted by Gasteiger charge is 2.28. The summed E-state index contributed by atoms with van der Waals surface area (Å²) in [5.74, 6) is 0.356. The average molecular weight is 365 g/mol. The van der Waals surface area contributed by atoms with Crippen molar-refractivity contribution in [3.05, 3.63) is 53.9 Å². The molecule has 0 radical (unpaired) electrons. The number of nitrogens with zero attached hydrogens (tertiary/aromatic N) is 1. The van der Waals surface area contributed by atoms with Crippen LogP contribution in [0.5, 0.6) is 0 Å². The van der Waals surface area contributed by atoms with Crippen molar-refractivity contribution in [3.8, 4) is 0 Å². The van der Waals surface area contributed by atoms with Gasteiger partial charge in [-0.05, 0) is 49.1 Å². The van der Waals surface area contributed by atoms with Gasteiger partial charge in [0.25, 0.3) is 0 Å². The van der Waals surface area contributed by atoms with Crippen molar-refractivity contribution in [1.29, 1.82) is 0 Å². The molecule has 7 nitrogen and oxygen atoms in total. The van der Waals surface area contributed by atoms with Crippen LogP contribution in [0.25, 0.3) is 11.1 Å². The first-order chi connectivity index (χ1) is 13.1. The number of anilines is 2. The Morgan fingerprint density at radius 3 is 2.63 bits per heavy atom. The molecule has 138 valence electrons. The minimum absolute atomic E-state index is 0.0513. The van der Waals surface area contributed by atoms with E-state index in [1.807, 2.05) is 12.1 Å². The lowest BCUT2D eigenvalue weighted by Crippen LogP contribution is -2.19. The Morgan fingerprint density at radius 1 is 1.11 bits per heavy atom. The first-order valence-corrected chi connectivity index (χ1v) is 8.86. The lowest BCUT2D eigenvalue weighted by molar-refractivity contribution is -0.136. The topological polar surface area (TPSA) is 104 Å². The number of hydrogen-bond donors (Lipinski definition) is 3. The molecule has 1 fully saturated rings. The van der Waals surface area contributed by atoms with Gasteiger partial charge in [-0.15, -0.1) is 0 Å². The second-order valence-electron chi connectivity index (χ2n) is 6.68. The fraction of sp³-hybridized carbons (Fsp3) is 0.250. The zero-order valence-corrected chi connectivity index (χ0v) is 14.6. The Hall–Kier alpha value is -3.35. The van der Waals surface area contributed by atoms with Crippen LogP contribution >= 0.6 is 0 Å². The monoisotopic (exact) mass is 365 g/mol. The van der Waals surface area contributed by atoms with Gasteiger partial charge in [-0.1, -0.05) is 12.1 Å². The number of urea groups is 1. The standard InChI is InChI=1S/C20H19N3O4/c24-18(25)9-4-12-2-1-3-14(10-12)21-20(26)22-15-7-8-16-17(11-15)27-19(23-16)13-5-6-13/h1-3,7-8,10-11,13H,4-6,9H2,(H,24,25)(H2,21,22,26). The molecule has 0 spiro atoms. The lowest BCUT2D eigenvalue weighted by atomic mass is 10.1. The first kappa shape index (κ1) is 17.1. The SMILES string of the molecule is O=C(O)CCc1cccc(NC(=O)Nc2ccc3nc(C4CC4)oc3c2)c1. The number of rotatable bonds is 6. The van der Waals surface area contributed by atoms with Crippen molar-refractivity contribution in [3.63, 3.8) is 0 Å². The average Bonchev–Trinajstić information content (AvgIpc) is 3.40. The van der Waals surface area contributed by atoms with Gasteiger partial charge in [0.2, 0.25) is 0 Å². The van der Waals surface area contributed by atoms with Gasteiger partial charge in [0, 0.05) is 29.8 Å². The van der Waals surface area contributed by atoms with Crippen molar-refractivity contribution in [2.24, 2.45) is 0 Å². The number of benzene rings is 2. The molecule has 1 aliphatic carbocycles. The molecule has 0 atom stereocenters. The Labute approximate surface area is 155 Å². The summed E-state index contributed by atoms with van der Waals surface area (Å²) in [5, 5.41) is 14.3. The van der Waals surface area contributed by atoms with Crippen LogP contribution < -0.4 is 10.6 Å². The van der Waals surface area contributed by atoms with Crippen molar-refractivity contribution < 1.29 is 19.1 Å². The fourth-order valence-electron chi connectivity index (χ4n) is 2.87. The van der Waals surface area contributed by atoms with Crippen LogP contribution in [0.4, 0.5) is 16.2 Å². The summed E-state index contributed by atoms with van der Waals surface area (Å²) in [6.07, 6.45) is 2.70. The molecule has 0 bridgehead atoms. The van der Waals surface area contributed by atoms with E-state index in [2.05, 4.69) is 15.6 Å². The second-order valence-corrected chi connectivity index (χ2v) is 6.68. The molecule has 27 heavy (non-hydrogen) atoms. The van der Waals surface area contributed by atoms with Crippen molar-refractivity contribution >= 4 is 34.5 Å². The maximum absolute atomic E-state index is 12.3. The van der Waals surface area contributed by atoms with E-state index >= 15 is 0 Å². The highest BCUT2D eigenvalue weighted by molar-refractivity contribution is 6.00. The summed E-state index contributed by atoms with van der Waals surface area (Å²) in [4.78, 5) is 27.4. The lowest BCUT2D eigenvalue weighted by Gasteiger charge is -2.09. The minimum atomic E-state index is -0.848. The number of aryl methyl sites for hydroxylation is 1. The number of nitrogens with one attached hydrogen (secondary N) is 2. The minimum Gasteiger partial charge on any atom is -0.481 e. The zero-order chi connectivity index (χ0) is 18.8. The van der Waals surface area contributed by atoms with Gasteiger partial charge in [0.15, 0.2) is 11.5 Å². The normalized spacial score (nSPS) is 13.5. The van der Waals surface area contributed by atoms with Crippen LogP contribution in [0.15, 0.2) is 46.9 Å². The number of aromatic nitrogens is 1. The molecule has 0 saturated heterocycles. The highest BCUT2D eigenvalue weighted by atomic mass is 16.4. The van der Waals surface area contributed by atoms with Crippen LogP contribution in [0, 0.1) is 0 Å². The summed E-state index contributed by atoms with van der Waals surface area (Å²) in [6.45, 7) is 0. The summed E-state index contributed by atoms with van der Waals surface area (Å²) >= 11 is 0. The summed E-state index contributed by atoms with van der Waals surface area (Å²) in [6, 6.07) is 12.1. The van der Waals surface area contributed by atoms with Crippen LogP contribution in [-0.2, 0) is 11.2 Å². The van der Waals surface area contributed by atoms with Crippen LogP contribution in [0.3, 0.4) is 0 Å². The van der Waals surface area contributed by atoms with E-state index in [0.717, 1.165) is 29.8 Å². The zero-order valence-electron chi connectivity index (χ0n) is 14.6. The molecule has 1 heterocycles. The van der Waals surface area contributed by atoms with Crippen LogP contribution in [-0.4, -0.2) is 22.1 Å². The smallest absolute Gasteiger partial charge is 0.323 e. The van der Waals surface area contributed by atoms with E-state index in [4.69, 9.17) is 9.52 Å². The van der Waals surface area contributed by atoms with E-state index in [-0.39, 0.29) is 12.5 Å². The summed E-state index contributed by atoms with van der Waals surface area (Å²) < 4.78 is 5.76. The van der Waals surface area contributed by atoms with Gasteiger partial charge in [-0.3, -0.25) is 4.79 Å². The third-order valence-electron chi connectivity index (χ3n) is 4.40. The van der Waals surface area contributed by atoms with E-state index in [0.29, 0.717) is 29.3 Å². The number of carboxylic acids is 1. The number of fused-ring (bicyclic) bond motifs is 1. The van der Waals surface area contributed by atoms with E-state index in [1.165, 1.54) is 0 Å². The number of oxazole rings is 1. The maximum atomic E-state index is 12.3. The second kappa shape index (κ2) is 7.11. The largest absolute Gasteiger partial charge is 0.481 e. The molecule has 7 heteroatoms. The van der Waals surface area contributed by atoms with Crippen molar-refractivity contribution in [1.82, 2.24) is 4.98 Å². The first-order valence-electron chi connectivity index (χ1n) is 8.86. The van der Waals surface area contributed by atoms with Gasteiger partial charge < -0.3 is 20.2 Å². The van der Waals surface area contributed by atoms with Gasteiger partial charge in [-0.25, -0.2) is 9.78 Å². The molecule has 0 unspecified atom stereocenters. The van der Waals surface area contributed by atoms with Gasteiger partial charge in [0.05, 0.1) is 0 Å². The van der Waals surface area contributed by atoms with E-state index in [9.17, 15) is 9.59 Å². The van der Waals surface area contributed by atoms with Crippen molar-refractivity contribution in [2.75, 3.05) is 10.6 Å². The molecule has 1 aliphatic rings. The van der Waals surface area contributed by atoms with Gasteiger partial charge in [0.1, 0.15) is 5.52 Å². The fourth-order valence-corrected chi connectivity index (χ4v) is 2.87. The Balaban J connectivity index is 1.40. The summed E-state index contributed by atoms with van der Waals surface area (Å²) in [7, 11) is 0.